The van der Waals surface area contributed by atoms with Crippen LogP contribution in [0.5, 0.6) is 0 Å². The molecule has 1 aliphatic heterocycles. The van der Waals surface area contributed by atoms with Gasteiger partial charge in [-0.3, -0.25) is 4.79 Å². The van der Waals surface area contributed by atoms with Gasteiger partial charge in [0.25, 0.3) is 0 Å². The molecule has 1 saturated heterocycles. The predicted octanol–water partition coefficient (Wildman–Crippen LogP) is 2.22. The van der Waals surface area contributed by atoms with E-state index in [0.29, 0.717) is 6.42 Å². The van der Waals surface area contributed by atoms with Crippen LogP contribution in [-0.2, 0) is 11.2 Å². The zero-order valence-corrected chi connectivity index (χ0v) is 8.95. The summed E-state index contributed by atoms with van der Waals surface area (Å²) in [5.74, 6) is 1.17. The minimum atomic E-state index is 0.270. The van der Waals surface area contributed by atoms with Crippen LogP contribution in [0.4, 0.5) is 0 Å². The first-order valence-corrected chi connectivity index (χ1v) is 5.66. The second-order valence-corrected chi connectivity index (χ2v) is 4.02. The van der Waals surface area contributed by atoms with E-state index < -0.39 is 0 Å². The number of nitrogens with zero attached hydrogens (tertiary/aromatic N) is 1. The van der Waals surface area contributed by atoms with E-state index in [1.165, 1.54) is 6.42 Å². The Morgan fingerprint density at radius 1 is 1.33 bits per heavy atom. The first-order chi connectivity index (χ1) is 7.36. The van der Waals surface area contributed by atoms with Gasteiger partial charge in [0.15, 0.2) is 0 Å². The molecule has 2 heterocycles. The van der Waals surface area contributed by atoms with Gasteiger partial charge in [0, 0.05) is 25.9 Å². The Kier molecular flexibility index (Phi) is 3.43. The number of furan rings is 1. The molecule has 1 aromatic heterocycles. The molecule has 1 aromatic rings. The van der Waals surface area contributed by atoms with Crippen LogP contribution in [-0.4, -0.2) is 23.9 Å². The van der Waals surface area contributed by atoms with E-state index in [1.54, 1.807) is 6.26 Å². The van der Waals surface area contributed by atoms with Crippen molar-refractivity contribution in [2.75, 3.05) is 13.1 Å². The van der Waals surface area contributed by atoms with E-state index >= 15 is 0 Å². The molecule has 82 valence electrons. The number of carbonyl (C=O) groups is 1. The zero-order valence-electron chi connectivity index (χ0n) is 8.95. The Bertz CT molecular complexity index is 299. The van der Waals surface area contributed by atoms with E-state index in [-0.39, 0.29) is 5.91 Å². The number of hydrogen-bond acceptors (Lipinski definition) is 2. The van der Waals surface area contributed by atoms with Crippen molar-refractivity contribution in [1.82, 2.24) is 4.90 Å². The van der Waals surface area contributed by atoms with Crippen LogP contribution in [0.1, 0.15) is 31.4 Å². The molecule has 2 rings (SSSR count). The quantitative estimate of drug-likeness (QED) is 0.761. The van der Waals surface area contributed by atoms with Crippen molar-refractivity contribution in [1.29, 1.82) is 0 Å². The molecule has 0 aliphatic carbocycles. The topological polar surface area (TPSA) is 33.5 Å². The van der Waals surface area contributed by atoms with E-state index in [2.05, 4.69) is 0 Å². The Labute approximate surface area is 90.1 Å². The summed E-state index contributed by atoms with van der Waals surface area (Å²) in [6.45, 7) is 1.88. The first kappa shape index (κ1) is 10.3. The molecule has 0 radical (unpaired) electrons. The van der Waals surface area contributed by atoms with Gasteiger partial charge in [-0.2, -0.15) is 0 Å². The summed E-state index contributed by atoms with van der Waals surface area (Å²) in [6, 6.07) is 3.78. The highest BCUT2D eigenvalue weighted by Gasteiger charge is 2.16. The number of hydrogen-bond donors (Lipinski definition) is 0. The molecule has 1 amide bonds. The van der Waals surface area contributed by atoms with Crippen LogP contribution in [0, 0.1) is 0 Å². The summed E-state index contributed by atoms with van der Waals surface area (Å²) < 4.78 is 5.20. The smallest absolute Gasteiger partial charge is 0.223 e. The van der Waals surface area contributed by atoms with Crippen molar-refractivity contribution in [3.8, 4) is 0 Å². The lowest BCUT2D eigenvalue weighted by Crippen LogP contribution is -2.35. The molecular weight excluding hydrogens is 190 g/mol. The van der Waals surface area contributed by atoms with Gasteiger partial charge >= 0.3 is 0 Å². The summed E-state index contributed by atoms with van der Waals surface area (Å²) >= 11 is 0. The average molecular weight is 207 g/mol. The summed E-state index contributed by atoms with van der Waals surface area (Å²) in [6.07, 6.45) is 6.54. The van der Waals surface area contributed by atoms with E-state index in [4.69, 9.17) is 4.42 Å². The highest BCUT2D eigenvalue weighted by Crippen LogP contribution is 2.11. The largest absolute Gasteiger partial charge is 0.469 e. The van der Waals surface area contributed by atoms with E-state index in [0.717, 1.165) is 38.1 Å². The molecule has 3 nitrogen and oxygen atoms in total. The summed E-state index contributed by atoms with van der Waals surface area (Å²) in [4.78, 5) is 13.8. The van der Waals surface area contributed by atoms with Gasteiger partial charge in [0.1, 0.15) is 5.76 Å². The highest BCUT2D eigenvalue weighted by atomic mass is 16.3. The third-order valence-corrected chi connectivity index (χ3v) is 2.87. The summed E-state index contributed by atoms with van der Waals surface area (Å²) in [5.41, 5.74) is 0. The molecule has 0 aromatic carbocycles. The van der Waals surface area contributed by atoms with Gasteiger partial charge in [-0.15, -0.1) is 0 Å². The Hall–Kier alpha value is -1.25. The average Bonchev–Trinajstić information content (AvgIpc) is 2.80. The lowest BCUT2D eigenvalue weighted by molar-refractivity contribution is -0.132. The van der Waals surface area contributed by atoms with Crippen molar-refractivity contribution < 1.29 is 9.21 Å². The maximum absolute atomic E-state index is 11.8. The third kappa shape index (κ3) is 2.85. The van der Waals surface area contributed by atoms with Gasteiger partial charge in [0.2, 0.25) is 5.91 Å². The molecule has 0 atom stereocenters. The number of amides is 1. The monoisotopic (exact) mass is 207 g/mol. The zero-order chi connectivity index (χ0) is 10.5. The molecule has 0 bridgehead atoms. The standard InChI is InChI=1S/C12H17NO2/c14-12(13-8-2-1-3-9-13)7-6-11-5-4-10-15-11/h4-5,10H,1-3,6-9H2. The Morgan fingerprint density at radius 3 is 2.80 bits per heavy atom. The third-order valence-electron chi connectivity index (χ3n) is 2.87. The van der Waals surface area contributed by atoms with E-state index in [9.17, 15) is 4.79 Å². The molecule has 0 N–H and O–H groups in total. The van der Waals surface area contributed by atoms with Gasteiger partial charge in [0.05, 0.1) is 6.26 Å². The van der Waals surface area contributed by atoms with Crippen LogP contribution < -0.4 is 0 Å². The normalized spacial score (nSPS) is 16.7. The molecule has 1 aliphatic rings. The van der Waals surface area contributed by atoms with Crippen molar-refractivity contribution in [3.05, 3.63) is 24.2 Å². The number of rotatable bonds is 3. The lowest BCUT2D eigenvalue weighted by atomic mass is 10.1. The number of carbonyl (C=O) groups excluding carboxylic acids is 1. The predicted molar refractivity (Wildman–Crippen MR) is 57.5 cm³/mol. The fraction of sp³-hybridized carbons (Fsp3) is 0.583. The van der Waals surface area contributed by atoms with Crippen molar-refractivity contribution in [2.24, 2.45) is 0 Å². The molecule has 15 heavy (non-hydrogen) atoms. The molecule has 0 unspecified atom stereocenters. The number of piperidine rings is 1. The summed E-state index contributed by atoms with van der Waals surface area (Å²) in [7, 11) is 0. The number of aryl methyl sites for hydroxylation is 1. The maximum Gasteiger partial charge on any atom is 0.223 e. The van der Waals surface area contributed by atoms with Crippen molar-refractivity contribution in [2.45, 2.75) is 32.1 Å². The van der Waals surface area contributed by atoms with Crippen LogP contribution in [0.2, 0.25) is 0 Å². The molecule has 1 fully saturated rings. The van der Waals surface area contributed by atoms with Gasteiger partial charge in [-0.05, 0) is 31.4 Å². The minimum absolute atomic E-state index is 0.270. The highest BCUT2D eigenvalue weighted by molar-refractivity contribution is 5.76. The van der Waals surface area contributed by atoms with Crippen LogP contribution in [0.25, 0.3) is 0 Å². The van der Waals surface area contributed by atoms with Crippen molar-refractivity contribution in [3.63, 3.8) is 0 Å². The van der Waals surface area contributed by atoms with Gasteiger partial charge in [-0.1, -0.05) is 0 Å². The molecule has 0 saturated carbocycles. The van der Waals surface area contributed by atoms with Crippen molar-refractivity contribution >= 4 is 5.91 Å². The molecule has 0 spiro atoms. The second kappa shape index (κ2) is 5.01. The fourth-order valence-corrected chi connectivity index (χ4v) is 1.99. The van der Waals surface area contributed by atoms with Gasteiger partial charge < -0.3 is 9.32 Å². The Balaban J connectivity index is 1.76. The minimum Gasteiger partial charge on any atom is -0.469 e. The molecule has 3 heteroatoms. The lowest BCUT2D eigenvalue weighted by Gasteiger charge is -2.26. The molecular formula is C12H17NO2. The number of likely N-dealkylation sites (tertiary alicyclic amines) is 1. The van der Waals surface area contributed by atoms with E-state index in [1.807, 2.05) is 17.0 Å². The Morgan fingerprint density at radius 2 is 2.13 bits per heavy atom. The first-order valence-electron chi connectivity index (χ1n) is 5.66. The van der Waals surface area contributed by atoms with Crippen LogP contribution in [0.3, 0.4) is 0 Å². The van der Waals surface area contributed by atoms with Crippen LogP contribution in [0.15, 0.2) is 22.8 Å². The SMILES string of the molecule is O=C(CCc1ccco1)N1CCCCC1. The fourth-order valence-electron chi connectivity index (χ4n) is 1.99. The maximum atomic E-state index is 11.8. The summed E-state index contributed by atoms with van der Waals surface area (Å²) in [5, 5.41) is 0. The van der Waals surface area contributed by atoms with Crippen LogP contribution >= 0.6 is 0 Å². The van der Waals surface area contributed by atoms with Gasteiger partial charge in [-0.25, -0.2) is 0 Å². The second-order valence-electron chi connectivity index (χ2n) is 4.02.